The van der Waals surface area contributed by atoms with E-state index in [1.165, 1.54) is 0 Å². The van der Waals surface area contributed by atoms with Crippen LogP contribution in [0.1, 0.15) is 27.2 Å². The summed E-state index contributed by atoms with van der Waals surface area (Å²) in [6.07, 6.45) is 2.62. The Morgan fingerprint density at radius 2 is 2.21 bits per heavy atom. The molecule has 0 saturated heterocycles. The molecule has 0 bridgehead atoms. The van der Waals surface area contributed by atoms with E-state index in [2.05, 4.69) is 10.2 Å². The average molecular weight is 192 g/mol. The van der Waals surface area contributed by atoms with Crippen molar-refractivity contribution in [2.45, 2.75) is 27.2 Å². The van der Waals surface area contributed by atoms with E-state index in [1.807, 2.05) is 26.8 Å². The zero-order chi connectivity index (χ0) is 10.3. The van der Waals surface area contributed by atoms with Gasteiger partial charge in [-0.3, -0.25) is 4.79 Å². The minimum atomic E-state index is -0.532. The number of fused-ring (bicyclic) bond motifs is 1. The molecule has 4 nitrogen and oxygen atoms in total. The van der Waals surface area contributed by atoms with Crippen molar-refractivity contribution in [3.05, 3.63) is 11.6 Å². The predicted molar refractivity (Wildman–Crippen MR) is 53.1 cm³/mol. The maximum atomic E-state index is 11.6. The average Bonchev–Trinajstić information content (AvgIpc) is 2.49. The molecule has 0 fully saturated rings. The molecule has 2 aliphatic rings. The van der Waals surface area contributed by atoms with E-state index in [9.17, 15) is 4.79 Å². The summed E-state index contributed by atoms with van der Waals surface area (Å²) in [5.41, 5.74) is 1.14. The van der Waals surface area contributed by atoms with Crippen molar-refractivity contribution in [2.75, 3.05) is 0 Å². The first-order chi connectivity index (χ1) is 6.57. The van der Waals surface area contributed by atoms with Gasteiger partial charge >= 0.3 is 5.97 Å². The first kappa shape index (κ1) is 9.12. The second-order valence-corrected chi connectivity index (χ2v) is 3.81. The molecule has 14 heavy (non-hydrogen) atoms. The minimum absolute atomic E-state index is 0.243. The van der Waals surface area contributed by atoms with Crippen LogP contribution in [0.3, 0.4) is 0 Å². The van der Waals surface area contributed by atoms with Crippen molar-refractivity contribution < 1.29 is 9.53 Å². The van der Waals surface area contributed by atoms with E-state index in [0.29, 0.717) is 5.90 Å². The lowest BCUT2D eigenvalue weighted by Crippen LogP contribution is -2.35. The smallest absolute Gasteiger partial charge is 0.322 e. The summed E-state index contributed by atoms with van der Waals surface area (Å²) >= 11 is 0. The molecule has 4 heteroatoms. The molecule has 0 spiro atoms. The molecule has 0 aromatic heterocycles. The SMILES string of the molecule is CCC1(C)C=C2C(C)=NN=C2OC1=O. The van der Waals surface area contributed by atoms with Crippen LogP contribution >= 0.6 is 0 Å². The largest absolute Gasteiger partial charge is 0.404 e. The second kappa shape index (κ2) is 2.77. The van der Waals surface area contributed by atoms with Crippen LogP contribution in [0.5, 0.6) is 0 Å². The van der Waals surface area contributed by atoms with Crippen LogP contribution in [-0.2, 0) is 9.53 Å². The maximum absolute atomic E-state index is 11.6. The molecule has 1 unspecified atom stereocenters. The highest BCUT2D eigenvalue weighted by Gasteiger charge is 2.39. The lowest BCUT2D eigenvalue weighted by molar-refractivity contribution is -0.144. The third-order valence-corrected chi connectivity index (χ3v) is 2.76. The maximum Gasteiger partial charge on any atom is 0.322 e. The van der Waals surface area contributed by atoms with Crippen LogP contribution in [0.25, 0.3) is 0 Å². The lowest BCUT2D eigenvalue weighted by Gasteiger charge is -2.26. The van der Waals surface area contributed by atoms with Gasteiger partial charge in [-0.15, -0.1) is 5.10 Å². The van der Waals surface area contributed by atoms with Crippen LogP contribution in [0, 0.1) is 5.41 Å². The monoisotopic (exact) mass is 192 g/mol. The molecular weight excluding hydrogens is 180 g/mol. The highest BCUT2D eigenvalue weighted by molar-refractivity contribution is 6.26. The molecule has 2 rings (SSSR count). The van der Waals surface area contributed by atoms with Gasteiger partial charge in [-0.05, 0) is 20.3 Å². The van der Waals surface area contributed by atoms with Gasteiger partial charge < -0.3 is 4.74 Å². The topological polar surface area (TPSA) is 51.0 Å². The number of ether oxygens (including phenoxy) is 1. The highest BCUT2D eigenvalue weighted by Crippen LogP contribution is 2.33. The summed E-state index contributed by atoms with van der Waals surface area (Å²) in [5, 5.41) is 7.66. The van der Waals surface area contributed by atoms with E-state index in [0.717, 1.165) is 17.7 Å². The number of hydrogen-bond acceptors (Lipinski definition) is 4. The van der Waals surface area contributed by atoms with Gasteiger partial charge in [-0.2, -0.15) is 5.10 Å². The van der Waals surface area contributed by atoms with Crippen LogP contribution in [0.2, 0.25) is 0 Å². The number of nitrogens with zero attached hydrogens (tertiary/aromatic N) is 2. The van der Waals surface area contributed by atoms with Gasteiger partial charge in [0.1, 0.15) is 0 Å². The van der Waals surface area contributed by atoms with Crippen molar-refractivity contribution in [1.29, 1.82) is 0 Å². The predicted octanol–water partition coefficient (Wildman–Crippen LogP) is 1.67. The van der Waals surface area contributed by atoms with Crippen molar-refractivity contribution >= 4 is 17.6 Å². The Hall–Kier alpha value is -1.45. The van der Waals surface area contributed by atoms with E-state index in [4.69, 9.17) is 4.74 Å². The van der Waals surface area contributed by atoms with Crippen LogP contribution in [0.4, 0.5) is 0 Å². The first-order valence-electron chi connectivity index (χ1n) is 4.65. The van der Waals surface area contributed by atoms with Crippen molar-refractivity contribution in [3.8, 4) is 0 Å². The zero-order valence-corrected chi connectivity index (χ0v) is 8.50. The number of carbonyl (C=O) groups excluding carboxylic acids is 1. The van der Waals surface area contributed by atoms with Crippen LogP contribution in [-0.4, -0.2) is 17.6 Å². The van der Waals surface area contributed by atoms with Crippen LogP contribution in [0.15, 0.2) is 21.9 Å². The fraction of sp³-hybridized carbons (Fsp3) is 0.500. The summed E-state index contributed by atoms with van der Waals surface area (Å²) < 4.78 is 5.12. The third-order valence-electron chi connectivity index (χ3n) is 2.76. The van der Waals surface area contributed by atoms with Gasteiger partial charge in [0, 0.05) is 0 Å². The quantitative estimate of drug-likeness (QED) is 0.593. The molecule has 2 aliphatic heterocycles. The number of carbonyl (C=O) groups is 1. The van der Waals surface area contributed by atoms with Gasteiger partial charge in [0.05, 0.1) is 16.7 Å². The molecule has 0 aliphatic carbocycles. The van der Waals surface area contributed by atoms with Crippen molar-refractivity contribution in [2.24, 2.45) is 15.6 Å². The minimum Gasteiger partial charge on any atom is -0.404 e. The third kappa shape index (κ3) is 1.10. The van der Waals surface area contributed by atoms with Gasteiger partial charge in [0.25, 0.3) is 5.90 Å². The number of esters is 1. The summed E-state index contributed by atoms with van der Waals surface area (Å²) in [6, 6.07) is 0. The number of rotatable bonds is 1. The van der Waals surface area contributed by atoms with E-state index >= 15 is 0 Å². The first-order valence-corrected chi connectivity index (χ1v) is 4.65. The normalized spacial score (nSPS) is 30.2. The Balaban J connectivity index is 2.47. The standard InChI is InChI=1S/C10H12N2O2/c1-4-10(3)5-7-6(2)11-12-8(7)14-9(10)13/h5H,4H2,1-3H3. The molecule has 0 N–H and O–H groups in total. The molecule has 74 valence electrons. The Labute approximate surface area is 82.4 Å². The van der Waals surface area contributed by atoms with E-state index in [-0.39, 0.29) is 5.97 Å². The van der Waals surface area contributed by atoms with Gasteiger partial charge in [-0.1, -0.05) is 13.0 Å². The molecule has 1 atom stereocenters. The summed E-state index contributed by atoms with van der Waals surface area (Å²) in [6.45, 7) is 5.68. The molecule has 0 saturated carbocycles. The van der Waals surface area contributed by atoms with Gasteiger partial charge in [0.15, 0.2) is 0 Å². The zero-order valence-electron chi connectivity index (χ0n) is 8.50. The Kier molecular flexibility index (Phi) is 1.80. The summed E-state index contributed by atoms with van der Waals surface area (Å²) in [5.74, 6) is 0.103. The molecule has 0 aromatic rings. The fourth-order valence-electron chi connectivity index (χ4n) is 1.45. The molecule has 0 amide bonds. The summed E-state index contributed by atoms with van der Waals surface area (Å²) in [4.78, 5) is 11.6. The molecule has 2 heterocycles. The highest BCUT2D eigenvalue weighted by atomic mass is 16.5. The van der Waals surface area contributed by atoms with Crippen molar-refractivity contribution in [1.82, 2.24) is 0 Å². The lowest BCUT2D eigenvalue weighted by atomic mass is 9.83. The Morgan fingerprint density at radius 3 is 2.86 bits per heavy atom. The fourth-order valence-corrected chi connectivity index (χ4v) is 1.45. The Bertz CT molecular complexity index is 393. The number of hydrogen-bond donors (Lipinski definition) is 0. The van der Waals surface area contributed by atoms with E-state index in [1.54, 1.807) is 0 Å². The van der Waals surface area contributed by atoms with Crippen LogP contribution < -0.4 is 0 Å². The van der Waals surface area contributed by atoms with Gasteiger partial charge in [-0.25, -0.2) is 0 Å². The van der Waals surface area contributed by atoms with Gasteiger partial charge in [0.2, 0.25) is 0 Å². The molecule has 0 aromatic carbocycles. The molecular formula is C10H12N2O2. The second-order valence-electron chi connectivity index (χ2n) is 3.81. The summed E-state index contributed by atoms with van der Waals surface area (Å²) in [7, 11) is 0. The van der Waals surface area contributed by atoms with Crippen molar-refractivity contribution in [3.63, 3.8) is 0 Å². The molecule has 0 radical (unpaired) electrons. The van der Waals surface area contributed by atoms with E-state index < -0.39 is 5.41 Å². The Morgan fingerprint density at radius 1 is 1.50 bits per heavy atom.